The third-order valence-corrected chi connectivity index (χ3v) is 16.1. The zero-order valence-corrected chi connectivity index (χ0v) is 31.2. The van der Waals surface area contributed by atoms with Gasteiger partial charge >= 0.3 is 11.9 Å². The summed E-state index contributed by atoms with van der Waals surface area (Å²) >= 11 is 0. The van der Waals surface area contributed by atoms with Crippen LogP contribution in [0.2, 0.25) is 0 Å². The van der Waals surface area contributed by atoms with Crippen molar-refractivity contribution in [1.82, 2.24) is 0 Å². The lowest BCUT2D eigenvalue weighted by Crippen LogP contribution is -2.70. The standard InChI is InChI=1S/C39H62O10/c1-21-29(42)30(43)31(44)32(48-21)49-28-18-27(41)36(5,20-47-22(2)40)25-12-13-38(7)26(39(25,28)8)11-10-23-24-19-35(4,33(45)46-9)15-14-34(24,3)16-17-37(23,38)6/h10,21,24-32,41-44H,11-20H2,1-9H3. The van der Waals surface area contributed by atoms with E-state index >= 15 is 0 Å². The molecule has 4 saturated carbocycles. The largest absolute Gasteiger partial charge is 0.469 e. The van der Waals surface area contributed by atoms with Gasteiger partial charge in [-0.05, 0) is 99.2 Å². The molecule has 0 aromatic rings. The van der Waals surface area contributed by atoms with Crippen molar-refractivity contribution in [1.29, 1.82) is 0 Å². The van der Waals surface area contributed by atoms with Gasteiger partial charge in [-0.15, -0.1) is 0 Å². The Kier molecular flexibility index (Phi) is 9.31. The van der Waals surface area contributed by atoms with Crippen molar-refractivity contribution in [3.8, 4) is 0 Å². The highest BCUT2D eigenvalue weighted by Gasteiger charge is 2.71. The zero-order chi connectivity index (χ0) is 36.1. The Bertz CT molecular complexity index is 1350. The number of rotatable bonds is 5. The van der Waals surface area contributed by atoms with Crippen molar-refractivity contribution in [2.75, 3.05) is 13.7 Å². The van der Waals surface area contributed by atoms with Crippen LogP contribution in [0, 0.1) is 50.2 Å². The van der Waals surface area contributed by atoms with Gasteiger partial charge in [-0.25, -0.2) is 0 Å². The molecule has 5 aliphatic carbocycles. The lowest BCUT2D eigenvalue weighted by atomic mass is 9.33. The maximum absolute atomic E-state index is 13.1. The fourth-order valence-electron chi connectivity index (χ4n) is 12.5. The number of carbonyl (C=O) groups is 2. The van der Waals surface area contributed by atoms with Gasteiger partial charge in [0.25, 0.3) is 0 Å². The highest BCUT2D eigenvalue weighted by Crippen LogP contribution is 2.76. The van der Waals surface area contributed by atoms with Crippen molar-refractivity contribution in [3.05, 3.63) is 11.6 Å². The Hall–Kier alpha value is -1.56. The van der Waals surface area contributed by atoms with Gasteiger partial charge < -0.3 is 39.4 Å². The molecule has 1 heterocycles. The van der Waals surface area contributed by atoms with Gasteiger partial charge in [0, 0.05) is 24.2 Å². The molecule has 49 heavy (non-hydrogen) atoms. The van der Waals surface area contributed by atoms with Crippen LogP contribution in [-0.2, 0) is 28.5 Å². The number of allylic oxidation sites excluding steroid dienone is 2. The Labute approximate surface area is 292 Å². The first-order valence-corrected chi connectivity index (χ1v) is 18.7. The molecule has 0 aromatic carbocycles. The molecular formula is C39H62O10. The number of methoxy groups -OCH3 is 1. The van der Waals surface area contributed by atoms with Gasteiger partial charge in [-0.1, -0.05) is 46.3 Å². The van der Waals surface area contributed by atoms with Crippen molar-refractivity contribution in [3.63, 3.8) is 0 Å². The van der Waals surface area contributed by atoms with Crippen LogP contribution in [0.5, 0.6) is 0 Å². The van der Waals surface area contributed by atoms with E-state index in [2.05, 4.69) is 40.7 Å². The molecule has 6 rings (SSSR count). The number of aliphatic hydroxyl groups is 4. The van der Waals surface area contributed by atoms with Gasteiger partial charge in [0.05, 0.1) is 37.4 Å². The Morgan fingerprint density at radius 3 is 2.24 bits per heavy atom. The summed E-state index contributed by atoms with van der Waals surface area (Å²) in [5.74, 6) is -0.229. The Morgan fingerprint density at radius 2 is 1.59 bits per heavy atom. The first-order chi connectivity index (χ1) is 22.7. The van der Waals surface area contributed by atoms with E-state index in [0.717, 1.165) is 51.4 Å². The van der Waals surface area contributed by atoms with E-state index in [-0.39, 0.29) is 59.0 Å². The normalized spacial score (nSPS) is 53.9. The predicted octanol–water partition coefficient (Wildman–Crippen LogP) is 4.69. The smallest absolute Gasteiger partial charge is 0.311 e. The minimum Gasteiger partial charge on any atom is -0.469 e. The molecule has 0 spiro atoms. The second-order valence-corrected chi connectivity index (χ2v) is 18.5. The summed E-state index contributed by atoms with van der Waals surface area (Å²) in [6, 6.07) is 0. The molecular weight excluding hydrogens is 628 g/mol. The van der Waals surface area contributed by atoms with Crippen molar-refractivity contribution in [2.24, 2.45) is 50.2 Å². The predicted molar refractivity (Wildman–Crippen MR) is 181 cm³/mol. The molecule has 4 N–H and O–H groups in total. The van der Waals surface area contributed by atoms with E-state index in [1.54, 1.807) is 6.92 Å². The number of carbonyl (C=O) groups excluding carboxylic acids is 2. The fourth-order valence-corrected chi connectivity index (χ4v) is 12.5. The van der Waals surface area contributed by atoms with E-state index in [9.17, 15) is 30.0 Å². The molecule has 0 radical (unpaired) electrons. The van der Waals surface area contributed by atoms with Crippen LogP contribution in [0.3, 0.4) is 0 Å². The minimum absolute atomic E-state index is 0.0926. The van der Waals surface area contributed by atoms with E-state index in [1.165, 1.54) is 19.6 Å². The second-order valence-electron chi connectivity index (χ2n) is 18.5. The number of fused-ring (bicyclic) bond motifs is 7. The molecule has 1 aliphatic heterocycles. The summed E-state index contributed by atoms with van der Waals surface area (Å²) < 4.78 is 23.7. The molecule has 6 aliphatic rings. The highest BCUT2D eigenvalue weighted by molar-refractivity contribution is 5.76. The average Bonchev–Trinajstić information content (AvgIpc) is 3.05. The number of ether oxygens (including phenoxy) is 4. The van der Waals surface area contributed by atoms with E-state index < -0.39 is 59.2 Å². The van der Waals surface area contributed by atoms with Crippen LogP contribution < -0.4 is 0 Å². The average molecular weight is 691 g/mol. The molecule has 0 amide bonds. The maximum Gasteiger partial charge on any atom is 0.311 e. The lowest BCUT2D eigenvalue weighted by Gasteiger charge is -2.72. The summed E-state index contributed by atoms with van der Waals surface area (Å²) in [5.41, 5.74) is -0.527. The molecule has 1 saturated heterocycles. The zero-order valence-electron chi connectivity index (χ0n) is 31.2. The Morgan fingerprint density at radius 1 is 0.918 bits per heavy atom. The van der Waals surface area contributed by atoms with Gasteiger partial charge in [-0.3, -0.25) is 9.59 Å². The van der Waals surface area contributed by atoms with Crippen molar-refractivity contribution >= 4 is 11.9 Å². The monoisotopic (exact) mass is 690 g/mol. The van der Waals surface area contributed by atoms with Crippen LogP contribution in [0.15, 0.2) is 11.6 Å². The lowest BCUT2D eigenvalue weighted by molar-refractivity contribution is -0.341. The molecule has 16 unspecified atom stereocenters. The molecule has 278 valence electrons. The second kappa shape index (κ2) is 12.3. The van der Waals surface area contributed by atoms with Crippen LogP contribution >= 0.6 is 0 Å². The summed E-state index contributed by atoms with van der Waals surface area (Å²) in [6.07, 6.45) is 2.43. The number of esters is 2. The van der Waals surface area contributed by atoms with Crippen LogP contribution in [0.4, 0.5) is 0 Å². The van der Waals surface area contributed by atoms with Crippen LogP contribution in [0.25, 0.3) is 0 Å². The summed E-state index contributed by atoms with van der Waals surface area (Å²) in [7, 11) is 1.49. The van der Waals surface area contributed by atoms with Crippen LogP contribution in [0.1, 0.15) is 113 Å². The quantitative estimate of drug-likeness (QED) is 0.236. The molecule has 10 heteroatoms. The first kappa shape index (κ1) is 37.2. The van der Waals surface area contributed by atoms with Crippen molar-refractivity contribution in [2.45, 2.75) is 156 Å². The summed E-state index contributed by atoms with van der Waals surface area (Å²) in [4.78, 5) is 25.2. The van der Waals surface area contributed by atoms with Gasteiger partial charge in [0.15, 0.2) is 6.29 Å². The summed E-state index contributed by atoms with van der Waals surface area (Å²) in [6.45, 7) is 16.8. The minimum atomic E-state index is -1.46. The molecule has 0 aromatic heterocycles. The highest BCUT2D eigenvalue weighted by atomic mass is 16.7. The molecule has 10 nitrogen and oxygen atoms in total. The van der Waals surface area contributed by atoms with E-state index in [0.29, 0.717) is 0 Å². The van der Waals surface area contributed by atoms with Gasteiger partial charge in [0.2, 0.25) is 0 Å². The fraction of sp³-hybridized carbons (Fsp3) is 0.897. The third-order valence-electron chi connectivity index (χ3n) is 16.1. The SMILES string of the molecule is COC(=O)C1(C)CCC2(C)CCC3(C)C(=CCC4C5(C)C(OC6OC(C)C(O)C(O)C6O)CC(O)C(C)(COC(C)=O)C5CCC43C)C2C1. The molecule has 0 bridgehead atoms. The topological polar surface area (TPSA) is 152 Å². The number of hydrogen-bond acceptors (Lipinski definition) is 10. The third kappa shape index (κ3) is 5.31. The number of hydrogen-bond donors (Lipinski definition) is 4. The maximum atomic E-state index is 13.1. The number of aliphatic hydroxyl groups excluding tert-OH is 4. The first-order valence-electron chi connectivity index (χ1n) is 18.7. The molecule has 16 atom stereocenters. The summed E-state index contributed by atoms with van der Waals surface area (Å²) in [5, 5.41) is 44.0. The van der Waals surface area contributed by atoms with Crippen molar-refractivity contribution < 1.29 is 49.0 Å². The van der Waals surface area contributed by atoms with Gasteiger partial charge in [0.1, 0.15) is 18.3 Å². The van der Waals surface area contributed by atoms with Gasteiger partial charge in [-0.2, -0.15) is 0 Å². The van der Waals surface area contributed by atoms with E-state index in [4.69, 9.17) is 18.9 Å². The molecule has 5 fully saturated rings. The van der Waals surface area contributed by atoms with E-state index in [1.807, 2.05) is 6.92 Å². The Balaban J connectivity index is 1.43. The van der Waals surface area contributed by atoms with Crippen LogP contribution in [-0.4, -0.2) is 89.0 Å².